The van der Waals surface area contributed by atoms with Crippen LogP contribution in [-0.4, -0.2) is 39.3 Å². The zero-order valence-electron chi connectivity index (χ0n) is 21.5. The lowest BCUT2D eigenvalue weighted by Gasteiger charge is -2.37. The molecule has 3 aromatic rings. The van der Waals surface area contributed by atoms with Crippen LogP contribution in [0.2, 0.25) is 0 Å². The van der Waals surface area contributed by atoms with Crippen molar-refractivity contribution >= 4 is 17.8 Å². The van der Waals surface area contributed by atoms with Gasteiger partial charge < -0.3 is 15.3 Å². The number of likely N-dealkylation sites (tertiary alicyclic amines) is 1. The number of carbonyl (C=O) groups excluding carboxylic acids is 2. The maximum absolute atomic E-state index is 13.8. The number of carboxylic acids is 1. The first-order valence-corrected chi connectivity index (χ1v) is 12.6. The minimum absolute atomic E-state index is 0.0735. The first-order chi connectivity index (χ1) is 17.7. The lowest BCUT2D eigenvalue weighted by Crippen LogP contribution is -2.48. The van der Waals surface area contributed by atoms with Crippen LogP contribution in [0.15, 0.2) is 67.0 Å². The summed E-state index contributed by atoms with van der Waals surface area (Å²) >= 11 is 0. The van der Waals surface area contributed by atoms with E-state index in [-0.39, 0.29) is 18.2 Å². The molecule has 1 fully saturated rings. The molecule has 0 bridgehead atoms. The number of piperidine rings is 1. The van der Waals surface area contributed by atoms with E-state index in [4.69, 9.17) is 0 Å². The van der Waals surface area contributed by atoms with Crippen molar-refractivity contribution in [3.63, 3.8) is 0 Å². The molecule has 0 aliphatic carbocycles. The van der Waals surface area contributed by atoms with Gasteiger partial charge in [-0.15, -0.1) is 0 Å². The monoisotopic (exact) mass is 499 g/mol. The van der Waals surface area contributed by atoms with Crippen molar-refractivity contribution in [3.8, 4) is 11.1 Å². The van der Waals surface area contributed by atoms with Crippen LogP contribution in [0.25, 0.3) is 11.1 Å². The first-order valence-electron chi connectivity index (χ1n) is 12.6. The molecule has 1 aliphatic heterocycles. The topological polar surface area (TPSA) is 99.6 Å². The van der Waals surface area contributed by atoms with Gasteiger partial charge in [0, 0.05) is 30.9 Å². The van der Waals surface area contributed by atoms with Gasteiger partial charge >= 0.3 is 5.97 Å². The molecular weight excluding hydrogens is 466 g/mol. The van der Waals surface area contributed by atoms with Gasteiger partial charge in [-0.25, -0.2) is 0 Å². The molecule has 2 heterocycles. The number of amides is 2. The van der Waals surface area contributed by atoms with E-state index in [0.29, 0.717) is 24.1 Å². The Bertz CT molecular complexity index is 1270. The number of nitrogens with zero attached hydrogens (tertiary/aromatic N) is 2. The third kappa shape index (κ3) is 6.05. The van der Waals surface area contributed by atoms with E-state index in [1.54, 1.807) is 17.3 Å². The van der Waals surface area contributed by atoms with Crippen molar-refractivity contribution in [1.29, 1.82) is 0 Å². The van der Waals surface area contributed by atoms with Gasteiger partial charge in [0.1, 0.15) is 6.04 Å². The fourth-order valence-corrected chi connectivity index (χ4v) is 5.13. The van der Waals surface area contributed by atoms with Gasteiger partial charge in [0.25, 0.3) is 0 Å². The molecule has 0 unspecified atom stereocenters. The second-order valence-electron chi connectivity index (χ2n) is 9.94. The standard InChI is InChI=1S/C30H33N3O4/c1-19-12-13-26(34)33(18-19)29(22-10-5-4-6-11-22)30(37)32-25(15-27(35)36)23-14-24(17-31-16-23)28-20(2)8-7-9-21(28)3/h4-11,14,16-17,19,25,29H,12-13,15,18H2,1-3H3,(H,32,37)(H,35,36)/t19-,25-,29-/m0/s1. The van der Waals surface area contributed by atoms with Crippen LogP contribution < -0.4 is 5.32 Å². The summed E-state index contributed by atoms with van der Waals surface area (Å²) in [6.07, 6.45) is 4.21. The molecule has 1 saturated heterocycles. The van der Waals surface area contributed by atoms with Crippen LogP contribution in [0.3, 0.4) is 0 Å². The van der Waals surface area contributed by atoms with Crippen molar-refractivity contribution in [3.05, 3.63) is 89.2 Å². The summed E-state index contributed by atoms with van der Waals surface area (Å²) < 4.78 is 0. The zero-order valence-corrected chi connectivity index (χ0v) is 21.5. The number of aliphatic carboxylic acids is 1. The quantitative estimate of drug-likeness (QED) is 0.455. The average Bonchev–Trinajstić information content (AvgIpc) is 2.86. The largest absolute Gasteiger partial charge is 0.481 e. The highest BCUT2D eigenvalue weighted by Gasteiger charge is 2.36. The first kappa shape index (κ1) is 26.1. The van der Waals surface area contributed by atoms with Gasteiger partial charge in [-0.2, -0.15) is 0 Å². The Morgan fingerprint density at radius 1 is 1.05 bits per heavy atom. The Balaban J connectivity index is 1.69. The van der Waals surface area contributed by atoms with E-state index in [0.717, 1.165) is 28.7 Å². The third-order valence-corrected chi connectivity index (χ3v) is 6.98. The zero-order chi connectivity index (χ0) is 26.5. The molecule has 0 saturated carbocycles. The van der Waals surface area contributed by atoms with Crippen molar-refractivity contribution in [1.82, 2.24) is 15.2 Å². The van der Waals surface area contributed by atoms with Gasteiger partial charge in [0.15, 0.2) is 0 Å². The second kappa shape index (κ2) is 11.4. The highest BCUT2D eigenvalue weighted by atomic mass is 16.4. The molecule has 192 valence electrons. The van der Waals surface area contributed by atoms with Gasteiger partial charge in [0.05, 0.1) is 12.5 Å². The summed E-state index contributed by atoms with van der Waals surface area (Å²) in [5, 5.41) is 12.6. The summed E-state index contributed by atoms with van der Waals surface area (Å²) in [6, 6.07) is 15.4. The molecule has 3 atom stereocenters. The number of pyridine rings is 1. The molecule has 2 N–H and O–H groups in total. The Morgan fingerprint density at radius 2 is 1.76 bits per heavy atom. The predicted molar refractivity (Wildman–Crippen MR) is 142 cm³/mol. The molecule has 37 heavy (non-hydrogen) atoms. The lowest BCUT2D eigenvalue weighted by molar-refractivity contribution is -0.145. The Kier molecular flexibility index (Phi) is 8.01. The minimum atomic E-state index is -1.04. The highest BCUT2D eigenvalue weighted by molar-refractivity contribution is 5.89. The van der Waals surface area contributed by atoms with Gasteiger partial charge in [-0.1, -0.05) is 55.5 Å². The fraction of sp³-hybridized carbons (Fsp3) is 0.333. The van der Waals surface area contributed by atoms with Crippen LogP contribution in [0.5, 0.6) is 0 Å². The van der Waals surface area contributed by atoms with Gasteiger partial charge in [-0.3, -0.25) is 19.4 Å². The molecular formula is C30H33N3O4. The number of carboxylic acid groups (broad SMARTS) is 1. The van der Waals surface area contributed by atoms with E-state index < -0.39 is 24.0 Å². The molecule has 7 heteroatoms. The Labute approximate surface area is 217 Å². The minimum Gasteiger partial charge on any atom is -0.481 e. The normalized spacial score (nSPS) is 17.2. The van der Waals surface area contributed by atoms with Crippen LogP contribution >= 0.6 is 0 Å². The molecule has 0 radical (unpaired) electrons. The van der Waals surface area contributed by atoms with Crippen molar-refractivity contribution in [2.24, 2.45) is 5.92 Å². The van der Waals surface area contributed by atoms with Crippen LogP contribution in [-0.2, 0) is 14.4 Å². The maximum atomic E-state index is 13.8. The highest BCUT2D eigenvalue weighted by Crippen LogP contribution is 2.31. The number of aromatic nitrogens is 1. The smallest absolute Gasteiger partial charge is 0.305 e. The van der Waals surface area contributed by atoms with Crippen LogP contribution in [0, 0.1) is 19.8 Å². The molecule has 7 nitrogen and oxygen atoms in total. The summed E-state index contributed by atoms with van der Waals surface area (Å²) in [7, 11) is 0. The van der Waals surface area contributed by atoms with E-state index in [2.05, 4.69) is 17.2 Å². The summed E-state index contributed by atoms with van der Waals surface area (Å²) in [6.45, 7) is 6.58. The maximum Gasteiger partial charge on any atom is 0.305 e. The molecule has 1 aromatic heterocycles. The van der Waals surface area contributed by atoms with E-state index in [9.17, 15) is 19.5 Å². The molecule has 2 aromatic carbocycles. The number of hydrogen-bond donors (Lipinski definition) is 2. The molecule has 0 spiro atoms. The number of hydrogen-bond acceptors (Lipinski definition) is 4. The molecule has 2 amide bonds. The summed E-state index contributed by atoms with van der Waals surface area (Å²) in [4.78, 5) is 44.5. The number of nitrogens with one attached hydrogen (secondary N) is 1. The van der Waals surface area contributed by atoms with Gasteiger partial charge in [-0.05, 0) is 60.1 Å². The van der Waals surface area contributed by atoms with Crippen molar-refractivity contribution in [2.45, 2.75) is 52.1 Å². The van der Waals surface area contributed by atoms with E-state index in [1.807, 2.05) is 68.4 Å². The summed E-state index contributed by atoms with van der Waals surface area (Å²) in [5.41, 5.74) is 5.35. The van der Waals surface area contributed by atoms with Crippen molar-refractivity contribution < 1.29 is 19.5 Å². The SMILES string of the molecule is Cc1cccc(C)c1-c1cncc([C@H](CC(=O)O)NC(=O)[C@H](c2ccccc2)N2C[C@@H](C)CCC2=O)c1. The molecule has 1 aliphatic rings. The molecule has 4 rings (SSSR count). The van der Waals surface area contributed by atoms with Crippen molar-refractivity contribution in [2.75, 3.05) is 6.54 Å². The third-order valence-electron chi connectivity index (χ3n) is 6.98. The Hall–Kier alpha value is -4.00. The average molecular weight is 500 g/mol. The number of carbonyl (C=O) groups is 3. The number of rotatable bonds is 8. The van der Waals surface area contributed by atoms with E-state index in [1.165, 1.54) is 0 Å². The summed E-state index contributed by atoms with van der Waals surface area (Å²) in [5.74, 6) is -1.25. The van der Waals surface area contributed by atoms with E-state index >= 15 is 0 Å². The number of aryl methyl sites for hydroxylation is 2. The number of benzene rings is 2. The second-order valence-corrected chi connectivity index (χ2v) is 9.94. The predicted octanol–water partition coefficient (Wildman–Crippen LogP) is 5.00. The lowest BCUT2D eigenvalue weighted by atomic mass is 9.93. The van der Waals surface area contributed by atoms with Gasteiger partial charge in [0.2, 0.25) is 11.8 Å². The Morgan fingerprint density at radius 3 is 2.43 bits per heavy atom. The van der Waals surface area contributed by atoms with Crippen LogP contribution in [0.4, 0.5) is 0 Å². The van der Waals surface area contributed by atoms with Crippen LogP contribution in [0.1, 0.15) is 60.5 Å². The fourth-order valence-electron chi connectivity index (χ4n) is 5.13.